The molecule has 1 atom stereocenters. The molecule has 1 unspecified atom stereocenters. The van der Waals surface area contributed by atoms with Gasteiger partial charge >= 0.3 is 5.97 Å². The molecule has 0 fully saturated rings. The lowest BCUT2D eigenvalue weighted by Gasteiger charge is -2.11. The number of nitrogens with one attached hydrogen (secondary N) is 1. The Kier molecular flexibility index (Phi) is 5.81. The quantitative estimate of drug-likeness (QED) is 0.488. The van der Waals surface area contributed by atoms with E-state index in [1.807, 2.05) is 48.7 Å². The van der Waals surface area contributed by atoms with Gasteiger partial charge in [0.15, 0.2) is 0 Å². The number of hydrogen-bond acceptors (Lipinski definition) is 4. The van der Waals surface area contributed by atoms with Crippen LogP contribution in [0.1, 0.15) is 34.5 Å². The summed E-state index contributed by atoms with van der Waals surface area (Å²) in [6.07, 6.45) is 0.306. The van der Waals surface area contributed by atoms with Gasteiger partial charge in [0.1, 0.15) is 5.75 Å². The van der Waals surface area contributed by atoms with Gasteiger partial charge in [0.25, 0.3) is 5.91 Å². The summed E-state index contributed by atoms with van der Waals surface area (Å²) < 4.78 is 5.39. The van der Waals surface area contributed by atoms with Crippen LogP contribution in [0.5, 0.6) is 5.75 Å². The number of anilines is 1. The number of carbonyl (C=O) groups is 2. The minimum absolute atomic E-state index is 0.0908. The van der Waals surface area contributed by atoms with Crippen LogP contribution in [0.25, 0.3) is 0 Å². The maximum atomic E-state index is 12.1. The molecular formula is C21H19NO3S. The molecule has 4 nitrogen and oxygen atoms in total. The van der Waals surface area contributed by atoms with Gasteiger partial charge in [0, 0.05) is 5.69 Å². The zero-order valence-electron chi connectivity index (χ0n) is 14.3. The van der Waals surface area contributed by atoms with Crippen molar-refractivity contribution < 1.29 is 14.3 Å². The van der Waals surface area contributed by atoms with Crippen LogP contribution in [0.2, 0.25) is 0 Å². The van der Waals surface area contributed by atoms with E-state index in [1.54, 1.807) is 30.3 Å². The fourth-order valence-corrected chi connectivity index (χ4v) is 3.15. The summed E-state index contributed by atoms with van der Waals surface area (Å²) in [5.41, 5.74) is 1.76. The summed E-state index contributed by atoms with van der Waals surface area (Å²) in [5, 5.41) is 4.66. The number of esters is 1. The van der Waals surface area contributed by atoms with E-state index in [9.17, 15) is 9.59 Å². The number of amides is 1. The lowest BCUT2D eigenvalue weighted by molar-refractivity contribution is -0.134. The summed E-state index contributed by atoms with van der Waals surface area (Å²) in [5.74, 6) is 0.121. The molecule has 5 heteroatoms. The number of thiophene rings is 1. The van der Waals surface area contributed by atoms with Gasteiger partial charge in [0.05, 0.1) is 11.3 Å². The number of hydrogen-bond donors (Lipinski definition) is 1. The Morgan fingerprint density at radius 2 is 1.73 bits per heavy atom. The van der Waals surface area contributed by atoms with Crippen LogP contribution in [0.15, 0.2) is 72.1 Å². The number of rotatable bonds is 6. The molecule has 0 spiro atoms. The first-order chi connectivity index (χ1) is 12.6. The van der Waals surface area contributed by atoms with Gasteiger partial charge < -0.3 is 10.1 Å². The topological polar surface area (TPSA) is 55.4 Å². The second-order valence-electron chi connectivity index (χ2n) is 5.95. The third-order valence-corrected chi connectivity index (χ3v) is 4.80. The molecule has 0 aliphatic carbocycles. The van der Waals surface area contributed by atoms with Crippen LogP contribution in [0.3, 0.4) is 0 Å². The van der Waals surface area contributed by atoms with Crippen LogP contribution in [-0.4, -0.2) is 11.9 Å². The van der Waals surface area contributed by atoms with Crippen molar-refractivity contribution in [3.8, 4) is 5.75 Å². The molecule has 0 saturated heterocycles. The molecule has 0 radical (unpaired) electrons. The Balaban J connectivity index is 1.53. The minimum atomic E-state index is -0.281. The van der Waals surface area contributed by atoms with Crippen LogP contribution >= 0.6 is 11.3 Å². The fourth-order valence-electron chi connectivity index (χ4n) is 2.53. The van der Waals surface area contributed by atoms with E-state index in [-0.39, 0.29) is 17.8 Å². The predicted molar refractivity (Wildman–Crippen MR) is 104 cm³/mol. The molecule has 1 amide bonds. The standard InChI is InChI=1S/C21H19NO3S/c1-15(16-6-3-2-4-7-16)14-20(23)25-18-11-9-17(10-12-18)22-21(24)19-8-5-13-26-19/h2-13,15H,14H2,1H3,(H,22,24). The van der Waals surface area contributed by atoms with E-state index in [0.29, 0.717) is 22.7 Å². The van der Waals surface area contributed by atoms with Crippen molar-refractivity contribution in [3.05, 3.63) is 82.6 Å². The van der Waals surface area contributed by atoms with Crippen LogP contribution < -0.4 is 10.1 Å². The molecule has 0 aliphatic heterocycles. The maximum Gasteiger partial charge on any atom is 0.311 e. The molecule has 1 aromatic heterocycles. The first-order valence-electron chi connectivity index (χ1n) is 8.32. The highest BCUT2D eigenvalue weighted by Gasteiger charge is 2.13. The van der Waals surface area contributed by atoms with Gasteiger partial charge in [-0.25, -0.2) is 0 Å². The van der Waals surface area contributed by atoms with Gasteiger partial charge in [-0.15, -0.1) is 11.3 Å². The Labute approximate surface area is 156 Å². The molecule has 0 aliphatic rings. The van der Waals surface area contributed by atoms with E-state index in [4.69, 9.17) is 4.74 Å². The highest BCUT2D eigenvalue weighted by Crippen LogP contribution is 2.22. The largest absolute Gasteiger partial charge is 0.427 e. The monoisotopic (exact) mass is 365 g/mol. The van der Waals surface area contributed by atoms with E-state index in [2.05, 4.69) is 5.32 Å². The number of benzene rings is 2. The van der Waals surface area contributed by atoms with Crippen molar-refractivity contribution in [2.75, 3.05) is 5.32 Å². The average Bonchev–Trinajstić information content (AvgIpc) is 3.19. The van der Waals surface area contributed by atoms with Gasteiger partial charge in [-0.05, 0) is 47.2 Å². The highest BCUT2D eigenvalue weighted by molar-refractivity contribution is 7.12. The van der Waals surface area contributed by atoms with Crippen molar-refractivity contribution in [1.29, 1.82) is 0 Å². The van der Waals surface area contributed by atoms with Gasteiger partial charge in [-0.1, -0.05) is 43.3 Å². The maximum absolute atomic E-state index is 12.1. The first kappa shape index (κ1) is 17.9. The minimum Gasteiger partial charge on any atom is -0.427 e. The highest BCUT2D eigenvalue weighted by atomic mass is 32.1. The van der Waals surface area contributed by atoms with E-state index >= 15 is 0 Å². The Morgan fingerprint density at radius 3 is 2.38 bits per heavy atom. The Morgan fingerprint density at radius 1 is 1.00 bits per heavy atom. The molecular weight excluding hydrogens is 346 g/mol. The Bertz CT molecular complexity index is 858. The van der Waals surface area contributed by atoms with Crippen molar-refractivity contribution in [1.82, 2.24) is 0 Å². The predicted octanol–water partition coefficient (Wildman–Crippen LogP) is 5.10. The molecule has 3 rings (SSSR count). The third-order valence-electron chi connectivity index (χ3n) is 3.93. The normalized spacial score (nSPS) is 11.6. The lowest BCUT2D eigenvalue weighted by atomic mass is 9.98. The molecule has 26 heavy (non-hydrogen) atoms. The van der Waals surface area contributed by atoms with Gasteiger partial charge in [0.2, 0.25) is 0 Å². The summed E-state index contributed by atoms with van der Waals surface area (Å²) >= 11 is 1.38. The van der Waals surface area contributed by atoms with E-state index in [1.165, 1.54) is 11.3 Å². The first-order valence-corrected chi connectivity index (χ1v) is 9.20. The molecule has 2 aromatic carbocycles. The van der Waals surface area contributed by atoms with Crippen molar-refractivity contribution in [2.24, 2.45) is 0 Å². The zero-order chi connectivity index (χ0) is 18.4. The van der Waals surface area contributed by atoms with Gasteiger partial charge in [-0.2, -0.15) is 0 Å². The molecule has 1 N–H and O–H groups in total. The van der Waals surface area contributed by atoms with Crippen molar-refractivity contribution in [3.63, 3.8) is 0 Å². The van der Waals surface area contributed by atoms with Crippen molar-refractivity contribution in [2.45, 2.75) is 19.3 Å². The smallest absolute Gasteiger partial charge is 0.311 e. The van der Waals surface area contributed by atoms with Crippen molar-refractivity contribution >= 4 is 28.9 Å². The second kappa shape index (κ2) is 8.45. The number of ether oxygens (including phenoxy) is 1. The SMILES string of the molecule is CC(CC(=O)Oc1ccc(NC(=O)c2cccs2)cc1)c1ccccc1. The lowest BCUT2D eigenvalue weighted by Crippen LogP contribution is -2.12. The second-order valence-corrected chi connectivity index (χ2v) is 6.89. The summed E-state index contributed by atoms with van der Waals surface area (Å²) in [6, 6.07) is 20.3. The van der Waals surface area contributed by atoms with E-state index < -0.39 is 0 Å². The summed E-state index contributed by atoms with van der Waals surface area (Å²) in [7, 11) is 0. The molecule has 0 bridgehead atoms. The molecule has 0 saturated carbocycles. The zero-order valence-corrected chi connectivity index (χ0v) is 15.2. The molecule has 1 heterocycles. The molecule has 3 aromatic rings. The Hall–Kier alpha value is -2.92. The summed E-state index contributed by atoms with van der Waals surface area (Å²) in [4.78, 5) is 24.8. The van der Waals surface area contributed by atoms with Crippen LogP contribution in [0.4, 0.5) is 5.69 Å². The fraction of sp³-hybridized carbons (Fsp3) is 0.143. The average molecular weight is 365 g/mol. The summed E-state index contributed by atoms with van der Waals surface area (Å²) in [6.45, 7) is 2.00. The third kappa shape index (κ3) is 4.80. The van der Waals surface area contributed by atoms with Crippen LogP contribution in [0, 0.1) is 0 Å². The number of carbonyl (C=O) groups excluding carboxylic acids is 2. The van der Waals surface area contributed by atoms with Gasteiger partial charge in [-0.3, -0.25) is 9.59 Å². The van der Waals surface area contributed by atoms with Crippen LogP contribution in [-0.2, 0) is 4.79 Å². The van der Waals surface area contributed by atoms with E-state index in [0.717, 1.165) is 5.56 Å². The molecule has 132 valence electrons.